The summed E-state index contributed by atoms with van der Waals surface area (Å²) in [5.41, 5.74) is 5.06. The summed E-state index contributed by atoms with van der Waals surface area (Å²) in [7, 11) is 0. The number of piperidine rings is 1. The summed E-state index contributed by atoms with van der Waals surface area (Å²) in [5.74, 6) is 0.148. The van der Waals surface area contributed by atoms with Gasteiger partial charge in [-0.05, 0) is 45.6 Å². The molecule has 0 bridgehead atoms. The van der Waals surface area contributed by atoms with Gasteiger partial charge in [0.05, 0.1) is 17.8 Å². The molecule has 0 spiro atoms. The average molecular weight is 311 g/mol. The number of likely N-dealkylation sites (tertiary alicyclic amines) is 1. The molecule has 1 fully saturated rings. The van der Waals surface area contributed by atoms with Gasteiger partial charge in [-0.25, -0.2) is 0 Å². The molecule has 1 amide bonds. The van der Waals surface area contributed by atoms with Crippen molar-refractivity contribution in [2.75, 3.05) is 13.1 Å². The Morgan fingerprint density at radius 1 is 1.04 bits per heavy atom. The molecule has 122 valence electrons. The first-order chi connectivity index (χ1) is 11.1. The Morgan fingerprint density at radius 2 is 1.70 bits per heavy atom. The van der Waals surface area contributed by atoms with Crippen molar-refractivity contribution in [3.63, 3.8) is 0 Å². The van der Waals surface area contributed by atoms with E-state index in [9.17, 15) is 4.79 Å². The molecular formula is C19H25N3O. The smallest absolute Gasteiger partial charge is 0.257 e. The number of nitrogens with zero attached hydrogens (tertiary/aromatic N) is 3. The lowest BCUT2D eigenvalue weighted by Crippen LogP contribution is -2.36. The zero-order valence-electron chi connectivity index (χ0n) is 14.3. The van der Waals surface area contributed by atoms with Crippen molar-refractivity contribution in [1.29, 1.82) is 0 Å². The van der Waals surface area contributed by atoms with Crippen molar-refractivity contribution in [2.24, 2.45) is 0 Å². The van der Waals surface area contributed by atoms with Gasteiger partial charge in [0.25, 0.3) is 5.91 Å². The fourth-order valence-corrected chi connectivity index (χ4v) is 3.28. The first-order valence-electron chi connectivity index (χ1n) is 8.45. The standard InChI is InChI=1S/C19H25N3O/c1-14-7-9-17(10-8-14)13-22-16(3)18(15(2)20-22)19(23)21-11-5-4-6-12-21/h7-10H,4-6,11-13H2,1-3H3. The van der Waals surface area contributed by atoms with Crippen molar-refractivity contribution < 1.29 is 4.79 Å². The van der Waals surface area contributed by atoms with Gasteiger partial charge in [0.15, 0.2) is 0 Å². The molecule has 0 radical (unpaired) electrons. The molecule has 2 heterocycles. The molecule has 4 nitrogen and oxygen atoms in total. The van der Waals surface area contributed by atoms with Crippen LogP contribution in [0.1, 0.15) is 52.1 Å². The minimum atomic E-state index is 0.148. The van der Waals surface area contributed by atoms with Crippen molar-refractivity contribution >= 4 is 5.91 Å². The van der Waals surface area contributed by atoms with Gasteiger partial charge < -0.3 is 4.90 Å². The van der Waals surface area contributed by atoms with Crippen LogP contribution in [0, 0.1) is 20.8 Å². The van der Waals surface area contributed by atoms with Crippen LogP contribution in [0.15, 0.2) is 24.3 Å². The normalized spacial score (nSPS) is 15.0. The molecular weight excluding hydrogens is 286 g/mol. The maximum absolute atomic E-state index is 12.8. The molecule has 1 aliphatic rings. The van der Waals surface area contributed by atoms with Gasteiger partial charge in [0, 0.05) is 18.8 Å². The fourth-order valence-electron chi connectivity index (χ4n) is 3.28. The minimum Gasteiger partial charge on any atom is -0.339 e. The molecule has 3 rings (SSSR count). The monoisotopic (exact) mass is 311 g/mol. The Labute approximate surface area is 138 Å². The summed E-state index contributed by atoms with van der Waals surface area (Å²) in [6.45, 7) is 8.49. The van der Waals surface area contributed by atoms with Crippen molar-refractivity contribution in [3.8, 4) is 0 Å². The summed E-state index contributed by atoms with van der Waals surface area (Å²) in [5, 5.41) is 4.61. The summed E-state index contributed by atoms with van der Waals surface area (Å²) in [6, 6.07) is 8.47. The lowest BCUT2D eigenvalue weighted by Gasteiger charge is -2.26. The van der Waals surface area contributed by atoms with E-state index in [-0.39, 0.29) is 5.91 Å². The first kappa shape index (κ1) is 15.8. The average Bonchev–Trinajstić information content (AvgIpc) is 2.84. The Kier molecular flexibility index (Phi) is 4.51. The van der Waals surface area contributed by atoms with Crippen LogP contribution in [-0.2, 0) is 6.54 Å². The highest BCUT2D eigenvalue weighted by Gasteiger charge is 2.24. The molecule has 1 aromatic carbocycles. The van der Waals surface area contributed by atoms with Crippen LogP contribution in [0.5, 0.6) is 0 Å². The van der Waals surface area contributed by atoms with E-state index in [1.165, 1.54) is 17.5 Å². The quantitative estimate of drug-likeness (QED) is 0.870. The number of carbonyl (C=O) groups is 1. The second kappa shape index (κ2) is 6.57. The molecule has 0 saturated carbocycles. The van der Waals surface area contributed by atoms with E-state index >= 15 is 0 Å². The largest absolute Gasteiger partial charge is 0.339 e. The lowest BCUT2D eigenvalue weighted by atomic mass is 10.1. The van der Waals surface area contributed by atoms with Crippen molar-refractivity contribution in [3.05, 3.63) is 52.3 Å². The van der Waals surface area contributed by atoms with E-state index in [0.717, 1.165) is 42.9 Å². The third-order valence-corrected chi connectivity index (χ3v) is 4.69. The lowest BCUT2D eigenvalue weighted by molar-refractivity contribution is 0.0722. The maximum atomic E-state index is 12.8. The number of rotatable bonds is 3. The number of hydrogen-bond acceptors (Lipinski definition) is 2. The summed E-state index contributed by atoms with van der Waals surface area (Å²) in [6.07, 6.45) is 3.46. The van der Waals surface area contributed by atoms with Crippen LogP contribution in [0.4, 0.5) is 0 Å². The predicted octanol–water partition coefficient (Wildman–Crippen LogP) is 3.48. The van der Waals surface area contributed by atoms with Gasteiger partial charge >= 0.3 is 0 Å². The van der Waals surface area contributed by atoms with E-state index in [2.05, 4.69) is 36.3 Å². The number of aryl methyl sites for hydroxylation is 2. The van der Waals surface area contributed by atoms with Crippen LogP contribution in [0.25, 0.3) is 0 Å². The van der Waals surface area contributed by atoms with E-state index in [4.69, 9.17) is 0 Å². The number of benzene rings is 1. The van der Waals surface area contributed by atoms with Crippen LogP contribution in [0.3, 0.4) is 0 Å². The molecule has 1 saturated heterocycles. The van der Waals surface area contributed by atoms with Gasteiger partial charge in [0.2, 0.25) is 0 Å². The summed E-state index contributed by atoms with van der Waals surface area (Å²) >= 11 is 0. The van der Waals surface area contributed by atoms with Crippen molar-refractivity contribution in [1.82, 2.24) is 14.7 Å². The summed E-state index contributed by atoms with van der Waals surface area (Å²) in [4.78, 5) is 14.8. The van der Waals surface area contributed by atoms with Crippen LogP contribution < -0.4 is 0 Å². The molecule has 23 heavy (non-hydrogen) atoms. The maximum Gasteiger partial charge on any atom is 0.257 e. The fraction of sp³-hybridized carbons (Fsp3) is 0.474. The molecule has 0 unspecified atom stereocenters. The van der Waals surface area contributed by atoms with Gasteiger partial charge in [-0.2, -0.15) is 5.10 Å². The number of aromatic nitrogens is 2. The second-order valence-electron chi connectivity index (χ2n) is 6.54. The van der Waals surface area contributed by atoms with Crippen LogP contribution in [0.2, 0.25) is 0 Å². The molecule has 0 aliphatic carbocycles. The number of amides is 1. The van der Waals surface area contributed by atoms with Gasteiger partial charge in [-0.1, -0.05) is 29.8 Å². The third-order valence-electron chi connectivity index (χ3n) is 4.69. The zero-order valence-corrected chi connectivity index (χ0v) is 14.3. The summed E-state index contributed by atoms with van der Waals surface area (Å²) < 4.78 is 1.96. The number of hydrogen-bond donors (Lipinski definition) is 0. The van der Waals surface area contributed by atoms with E-state index in [1.807, 2.05) is 23.4 Å². The first-order valence-corrected chi connectivity index (χ1v) is 8.45. The Morgan fingerprint density at radius 3 is 2.35 bits per heavy atom. The van der Waals surface area contributed by atoms with Crippen LogP contribution in [-0.4, -0.2) is 33.7 Å². The van der Waals surface area contributed by atoms with Gasteiger partial charge in [-0.3, -0.25) is 9.48 Å². The number of carbonyl (C=O) groups excluding carboxylic acids is 1. The van der Waals surface area contributed by atoms with Gasteiger partial charge in [-0.15, -0.1) is 0 Å². The topological polar surface area (TPSA) is 38.1 Å². The Bertz CT molecular complexity index is 694. The second-order valence-corrected chi connectivity index (χ2v) is 6.54. The predicted molar refractivity (Wildman–Crippen MR) is 91.7 cm³/mol. The third kappa shape index (κ3) is 3.31. The molecule has 2 aromatic rings. The van der Waals surface area contributed by atoms with E-state index < -0.39 is 0 Å². The highest BCUT2D eigenvalue weighted by Crippen LogP contribution is 2.20. The molecule has 1 aromatic heterocycles. The highest BCUT2D eigenvalue weighted by atomic mass is 16.2. The van der Waals surface area contributed by atoms with Crippen LogP contribution >= 0.6 is 0 Å². The van der Waals surface area contributed by atoms with Gasteiger partial charge in [0.1, 0.15) is 0 Å². The Hall–Kier alpha value is -2.10. The minimum absolute atomic E-state index is 0.148. The molecule has 4 heteroatoms. The molecule has 0 atom stereocenters. The van der Waals surface area contributed by atoms with Crippen molar-refractivity contribution in [2.45, 2.75) is 46.6 Å². The zero-order chi connectivity index (χ0) is 16.4. The Balaban J connectivity index is 1.83. The van der Waals surface area contributed by atoms with E-state index in [0.29, 0.717) is 6.54 Å². The van der Waals surface area contributed by atoms with E-state index in [1.54, 1.807) is 0 Å². The molecule has 1 aliphatic heterocycles. The highest BCUT2D eigenvalue weighted by molar-refractivity contribution is 5.96. The SMILES string of the molecule is Cc1ccc(Cn2nc(C)c(C(=O)N3CCCCC3)c2C)cc1. The molecule has 0 N–H and O–H groups in total.